The van der Waals surface area contributed by atoms with Crippen molar-refractivity contribution in [1.82, 2.24) is 4.57 Å². The summed E-state index contributed by atoms with van der Waals surface area (Å²) in [7, 11) is 0. The van der Waals surface area contributed by atoms with Crippen LogP contribution in [0.2, 0.25) is 0 Å². The molecule has 0 aliphatic carbocycles. The van der Waals surface area contributed by atoms with E-state index in [1.807, 2.05) is 47.2 Å². The molecule has 0 N–H and O–H groups in total. The van der Waals surface area contributed by atoms with Gasteiger partial charge in [0.05, 0.1) is 5.52 Å². The number of hydrogen-bond donors (Lipinski definition) is 0. The Morgan fingerprint density at radius 1 is 0.944 bits per heavy atom. The van der Waals surface area contributed by atoms with Crippen LogP contribution in [0.4, 0.5) is 4.39 Å². The quantitative estimate of drug-likeness (QED) is 0.626. The van der Waals surface area contributed by atoms with Crippen molar-refractivity contribution in [3.8, 4) is 0 Å². The van der Waals surface area contributed by atoms with E-state index in [1.54, 1.807) is 12.1 Å². The summed E-state index contributed by atoms with van der Waals surface area (Å²) in [4.78, 5) is 0. The van der Waals surface area contributed by atoms with Crippen LogP contribution in [0.25, 0.3) is 16.6 Å². The predicted molar refractivity (Wildman–Crippen MR) is 72.8 cm³/mol. The highest BCUT2D eigenvalue weighted by Gasteiger charge is 2.08. The second-order valence-corrected chi connectivity index (χ2v) is 4.17. The predicted octanol–water partition coefficient (Wildman–Crippen LogP) is 4.30. The SMILES string of the molecule is C=C(c1ccccc1)n1ccc2c(F)cccc21. The highest BCUT2D eigenvalue weighted by molar-refractivity contribution is 5.85. The molecule has 0 spiro atoms. The van der Waals surface area contributed by atoms with Gasteiger partial charge >= 0.3 is 0 Å². The third-order valence-corrected chi connectivity index (χ3v) is 3.08. The highest BCUT2D eigenvalue weighted by Crippen LogP contribution is 2.24. The zero-order valence-electron chi connectivity index (χ0n) is 9.81. The molecule has 0 aliphatic heterocycles. The first kappa shape index (κ1) is 10.8. The van der Waals surface area contributed by atoms with Crippen LogP contribution in [0.3, 0.4) is 0 Å². The number of nitrogens with zero attached hydrogens (tertiary/aromatic N) is 1. The molecule has 0 bridgehead atoms. The minimum atomic E-state index is -0.202. The summed E-state index contributed by atoms with van der Waals surface area (Å²) in [5, 5.41) is 0.620. The summed E-state index contributed by atoms with van der Waals surface area (Å²) in [5.41, 5.74) is 2.71. The summed E-state index contributed by atoms with van der Waals surface area (Å²) in [6.07, 6.45) is 1.85. The first-order valence-electron chi connectivity index (χ1n) is 5.77. The van der Waals surface area contributed by atoms with E-state index in [1.165, 1.54) is 6.07 Å². The fraction of sp³-hybridized carbons (Fsp3) is 0. The van der Waals surface area contributed by atoms with E-state index in [0.29, 0.717) is 5.39 Å². The van der Waals surface area contributed by atoms with Crippen LogP contribution >= 0.6 is 0 Å². The molecule has 0 radical (unpaired) electrons. The minimum Gasteiger partial charge on any atom is -0.316 e. The van der Waals surface area contributed by atoms with Gasteiger partial charge in [0, 0.05) is 17.3 Å². The Balaban J connectivity index is 2.16. The van der Waals surface area contributed by atoms with E-state index in [0.717, 1.165) is 16.8 Å². The minimum absolute atomic E-state index is 0.202. The van der Waals surface area contributed by atoms with Crippen LogP contribution in [-0.2, 0) is 0 Å². The van der Waals surface area contributed by atoms with Gasteiger partial charge in [-0.1, -0.05) is 43.0 Å². The molecule has 0 fully saturated rings. The summed E-state index contributed by atoms with van der Waals surface area (Å²) < 4.78 is 15.5. The molecular weight excluding hydrogens is 225 g/mol. The van der Waals surface area contributed by atoms with Crippen molar-refractivity contribution in [2.24, 2.45) is 0 Å². The molecule has 3 aromatic rings. The van der Waals surface area contributed by atoms with Gasteiger partial charge < -0.3 is 4.57 Å². The summed E-state index contributed by atoms with van der Waals surface area (Å²) in [5.74, 6) is -0.202. The van der Waals surface area contributed by atoms with E-state index < -0.39 is 0 Å². The molecular formula is C16H12FN. The van der Waals surface area contributed by atoms with Crippen molar-refractivity contribution < 1.29 is 4.39 Å². The number of aromatic nitrogens is 1. The summed E-state index contributed by atoms with van der Waals surface area (Å²) in [6.45, 7) is 4.09. The molecule has 0 saturated heterocycles. The van der Waals surface area contributed by atoms with Crippen molar-refractivity contribution in [3.05, 3.63) is 78.8 Å². The van der Waals surface area contributed by atoms with Gasteiger partial charge in [-0.15, -0.1) is 0 Å². The molecule has 2 aromatic carbocycles. The van der Waals surface area contributed by atoms with Crippen molar-refractivity contribution in [2.75, 3.05) is 0 Å². The van der Waals surface area contributed by atoms with Crippen LogP contribution in [0.5, 0.6) is 0 Å². The van der Waals surface area contributed by atoms with E-state index >= 15 is 0 Å². The standard InChI is InChI=1S/C16H12FN/c1-12(13-6-3-2-4-7-13)18-11-10-14-15(17)8-5-9-16(14)18/h2-11H,1H2. The van der Waals surface area contributed by atoms with Gasteiger partial charge in [-0.05, 0) is 23.8 Å². The molecule has 0 unspecified atom stereocenters. The first-order valence-corrected chi connectivity index (χ1v) is 5.77. The van der Waals surface area contributed by atoms with Crippen LogP contribution in [0.15, 0.2) is 67.4 Å². The fourth-order valence-corrected chi connectivity index (χ4v) is 2.14. The van der Waals surface area contributed by atoms with E-state index in [4.69, 9.17) is 0 Å². The lowest BCUT2D eigenvalue weighted by atomic mass is 10.1. The van der Waals surface area contributed by atoms with Gasteiger partial charge in [-0.2, -0.15) is 0 Å². The van der Waals surface area contributed by atoms with Crippen LogP contribution in [-0.4, -0.2) is 4.57 Å². The summed E-state index contributed by atoms with van der Waals surface area (Å²) >= 11 is 0. The number of halogens is 1. The lowest BCUT2D eigenvalue weighted by Gasteiger charge is -2.09. The highest BCUT2D eigenvalue weighted by atomic mass is 19.1. The Morgan fingerprint density at radius 3 is 2.50 bits per heavy atom. The van der Waals surface area contributed by atoms with Gasteiger partial charge in [0.2, 0.25) is 0 Å². The molecule has 1 heterocycles. The Labute approximate surface area is 105 Å². The smallest absolute Gasteiger partial charge is 0.132 e. The molecule has 3 rings (SSSR count). The molecule has 88 valence electrons. The largest absolute Gasteiger partial charge is 0.316 e. The van der Waals surface area contributed by atoms with Gasteiger partial charge in [0.1, 0.15) is 5.82 Å². The van der Waals surface area contributed by atoms with Gasteiger partial charge in [-0.3, -0.25) is 0 Å². The van der Waals surface area contributed by atoms with E-state index in [-0.39, 0.29) is 5.82 Å². The Bertz CT molecular complexity index is 710. The number of fused-ring (bicyclic) bond motifs is 1. The molecule has 18 heavy (non-hydrogen) atoms. The van der Waals surface area contributed by atoms with Crippen molar-refractivity contribution in [1.29, 1.82) is 0 Å². The van der Waals surface area contributed by atoms with Gasteiger partial charge in [0.25, 0.3) is 0 Å². The Kier molecular flexibility index (Phi) is 2.49. The van der Waals surface area contributed by atoms with Crippen LogP contribution in [0.1, 0.15) is 5.56 Å². The van der Waals surface area contributed by atoms with Crippen LogP contribution < -0.4 is 0 Å². The van der Waals surface area contributed by atoms with Gasteiger partial charge in [0.15, 0.2) is 0 Å². The molecule has 1 nitrogen and oxygen atoms in total. The second kappa shape index (κ2) is 4.15. The number of hydrogen-bond acceptors (Lipinski definition) is 0. The monoisotopic (exact) mass is 237 g/mol. The molecule has 0 atom stereocenters. The molecule has 1 aromatic heterocycles. The average Bonchev–Trinajstić information content (AvgIpc) is 2.84. The van der Waals surface area contributed by atoms with E-state index in [9.17, 15) is 4.39 Å². The molecule has 0 amide bonds. The third kappa shape index (κ3) is 1.63. The van der Waals surface area contributed by atoms with E-state index in [2.05, 4.69) is 6.58 Å². The summed E-state index contributed by atoms with van der Waals surface area (Å²) in [6, 6.07) is 16.7. The maximum atomic E-state index is 13.6. The maximum Gasteiger partial charge on any atom is 0.132 e. The molecule has 0 saturated carbocycles. The number of rotatable bonds is 2. The molecule has 0 aliphatic rings. The average molecular weight is 237 g/mol. The second-order valence-electron chi connectivity index (χ2n) is 4.17. The Morgan fingerprint density at radius 2 is 1.72 bits per heavy atom. The van der Waals surface area contributed by atoms with Crippen molar-refractivity contribution >= 4 is 16.6 Å². The maximum absolute atomic E-state index is 13.6. The number of benzene rings is 2. The molecule has 2 heteroatoms. The van der Waals surface area contributed by atoms with Gasteiger partial charge in [-0.25, -0.2) is 4.39 Å². The topological polar surface area (TPSA) is 4.93 Å². The zero-order chi connectivity index (χ0) is 12.5. The zero-order valence-corrected chi connectivity index (χ0v) is 9.81. The van der Waals surface area contributed by atoms with Crippen molar-refractivity contribution in [3.63, 3.8) is 0 Å². The lowest BCUT2D eigenvalue weighted by Crippen LogP contribution is -1.95. The fourth-order valence-electron chi connectivity index (χ4n) is 2.14. The first-order chi connectivity index (χ1) is 8.77. The normalized spacial score (nSPS) is 10.7. The van der Waals surface area contributed by atoms with Crippen LogP contribution in [0, 0.1) is 5.82 Å². The lowest BCUT2D eigenvalue weighted by molar-refractivity contribution is 0.640. The Hall–Kier alpha value is -2.35. The third-order valence-electron chi connectivity index (χ3n) is 3.08. The van der Waals surface area contributed by atoms with Crippen molar-refractivity contribution in [2.45, 2.75) is 0 Å².